The number of nitrogens with one attached hydrogen (secondary N) is 1. The molecule has 0 amide bonds. The first-order valence-electron chi connectivity index (χ1n) is 5.03. The van der Waals surface area contributed by atoms with Gasteiger partial charge in [0.1, 0.15) is 5.76 Å². The zero-order valence-electron chi connectivity index (χ0n) is 8.69. The fraction of sp³-hybridized carbons (Fsp3) is 0.167. The summed E-state index contributed by atoms with van der Waals surface area (Å²) in [6.45, 7) is 0. The van der Waals surface area contributed by atoms with Crippen LogP contribution in [0.3, 0.4) is 0 Å². The Bertz CT molecular complexity index is 442. The van der Waals surface area contributed by atoms with Gasteiger partial charge in [-0.3, -0.25) is 11.3 Å². The Morgan fingerprint density at radius 2 is 2.19 bits per heavy atom. The smallest absolute Gasteiger partial charge is 0.105 e. The molecule has 0 radical (unpaired) electrons. The largest absolute Gasteiger partial charge is 0.469 e. The molecule has 0 aliphatic rings. The molecule has 84 valence electrons. The third kappa shape index (κ3) is 2.84. The molecule has 0 spiro atoms. The van der Waals surface area contributed by atoms with Gasteiger partial charge in [0, 0.05) is 9.99 Å². The van der Waals surface area contributed by atoms with Crippen LogP contribution in [0.25, 0.3) is 0 Å². The van der Waals surface area contributed by atoms with Crippen LogP contribution < -0.4 is 11.3 Å². The first-order chi connectivity index (χ1) is 7.79. The van der Waals surface area contributed by atoms with Crippen molar-refractivity contribution in [2.24, 2.45) is 5.84 Å². The van der Waals surface area contributed by atoms with E-state index in [1.165, 1.54) is 9.13 Å². The summed E-state index contributed by atoms with van der Waals surface area (Å²) in [6.07, 6.45) is 2.43. The summed E-state index contributed by atoms with van der Waals surface area (Å²) in [6, 6.07) is 12.2. The molecule has 16 heavy (non-hydrogen) atoms. The maximum Gasteiger partial charge on any atom is 0.105 e. The predicted molar refractivity (Wildman–Crippen MR) is 71.6 cm³/mol. The second-order valence-corrected chi connectivity index (χ2v) is 4.80. The lowest BCUT2D eigenvalue weighted by Crippen LogP contribution is -2.29. The van der Waals surface area contributed by atoms with Crippen LogP contribution in [-0.4, -0.2) is 0 Å². The van der Waals surface area contributed by atoms with Gasteiger partial charge in [-0.25, -0.2) is 0 Å². The summed E-state index contributed by atoms with van der Waals surface area (Å²) < 4.78 is 6.52. The van der Waals surface area contributed by atoms with Gasteiger partial charge < -0.3 is 4.42 Å². The quantitative estimate of drug-likeness (QED) is 0.515. The molecule has 0 saturated heterocycles. The Morgan fingerprint density at radius 3 is 2.81 bits per heavy atom. The molecule has 3 nitrogen and oxygen atoms in total. The molecule has 0 aliphatic carbocycles. The fourth-order valence-electron chi connectivity index (χ4n) is 1.63. The highest BCUT2D eigenvalue weighted by Gasteiger charge is 2.12. The van der Waals surface area contributed by atoms with Crippen molar-refractivity contribution in [1.82, 2.24) is 5.43 Å². The Labute approximate surface area is 108 Å². The highest BCUT2D eigenvalue weighted by Crippen LogP contribution is 2.19. The Morgan fingerprint density at radius 1 is 1.31 bits per heavy atom. The number of rotatable bonds is 4. The second kappa shape index (κ2) is 5.47. The van der Waals surface area contributed by atoms with Gasteiger partial charge in [-0.1, -0.05) is 12.1 Å². The summed E-state index contributed by atoms with van der Waals surface area (Å²) in [7, 11) is 0. The molecular weight excluding hydrogens is 315 g/mol. The minimum atomic E-state index is 0.0841. The van der Waals surface area contributed by atoms with Crippen LogP contribution >= 0.6 is 22.6 Å². The normalized spacial score (nSPS) is 12.6. The van der Waals surface area contributed by atoms with Gasteiger partial charge in [0.2, 0.25) is 0 Å². The number of hydrogen-bond acceptors (Lipinski definition) is 3. The van der Waals surface area contributed by atoms with E-state index in [-0.39, 0.29) is 6.04 Å². The van der Waals surface area contributed by atoms with Crippen LogP contribution in [-0.2, 0) is 6.42 Å². The highest BCUT2D eigenvalue weighted by atomic mass is 127. The minimum absolute atomic E-state index is 0.0841. The fourth-order valence-corrected chi connectivity index (χ4v) is 2.19. The third-order valence-corrected chi connectivity index (χ3v) is 3.11. The van der Waals surface area contributed by atoms with Crippen molar-refractivity contribution < 1.29 is 4.42 Å². The van der Waals surface area contributed by atoms with Gasteiger partial charge >= 0.3 is 0 Å². The monoisotopic (exact) mass is 328 g/mol. The van der Waals surface area contributed by atoms with E-state index in [4.69, 9.17) is 10.3 Å². The van der Waals surface area contributed by atoms with Crippen molar-refractivity contribution in [2.75, 3.05) is 0 Å². The molecule has 0 saturated carbocycles. The van der Waals surface area contributed by atoms with Gasteiger partial charge in [0.05, 0.1) is 12.3 Å². The van der Waals surface area contributed by atoms with Crippen LogP contribution in [0, 0.1) is 3.57 Å². The lowest BCUT2D eigenvalue weighted by Gasteiger charge is -2.15. The molecule has 4 heteroatoms. The molecule has 2 rings (SSSR count). The molecule has 1 atom stereocenters. The zero-order valence-corrected chi connectivity index (χ0v) is 10.8. The Balaban J connectivity index is 2.16. The molecule has 0 aliphatic heterocycles. The summed E-state index contributed by atoms with van der Waals surface area (Å²) in [5.41, 5.74) is 3.99. The van der Waals surface area contributed by atoms with Gasteiger partial charge in [0.15, 0.2) is 0 Å². The number of nitrogens with two attached hydrogens (primary N) is 1. The van der Waals surface area contributed by atoms with Crippen molar-refractivity contribution in [2.45, 2.75) is 12.5 Å². The van der Waals surface area contributed by atoms with E-state index in [2.05, 4.69) is 46.2 Å². The summed E-state index contributed by atoms with van der Waals surface area (Å²) in [4.78, 5) is 0. The van der Waals surface area contributed by atoms with Gasteiger partial charge in [0.25, 0.3) is 0 Å². The van der Waals surface area contributed by atoms with Gasteiger partial charge in [-0.15, -0.1) is 0 Å². The molecule has 1 aromatic heterocycles. The van der Waals surface area contributed by atoms with Gasteiger partial charge in [-0.05, 0) is 52.4 Å². The van der Waals surface area contributed by atoms with Crippen LogP contribution in [0.4, 0.5) is 0 Å². The lowest BCUT2D eigenvalue weighted by molar-refractivity contribution is 0.454. The number of hydrogen-bond donors (Lipinski definition) is 2. The molecule has 1 heterocycles. The van der Waals surface area contributed by atoms with Crippen LogP contribution in [0.1, 0.15) is 17.4 Å². The van der Waals surface area contributed by atoms with E-state index in [1.807, 2.05) is 18.2 Å². The first kappa shape index (κ1) is 11.6. The van der Waals surface area contributed by atoms with E-state index >= 15 is 0 Å². The SMILES string of the molecule is NNC(Cc1ccco1)c1cccc(I)c1. The molecular formula is C12H13IN2O. The van der Waals surface area contributed by atoms with E-state index < -0.39 is 0 Å². The maximum absolute atomic E-state index is 5.58. The van der Waals surface area contributed by atoms with Crippen molar-refractivity contribution in [1.29, 1.82) is 0 Å². The van der Waals surface area contributed by atoms with Crippen LogP contribution in [0.5, 0.6) is 0 Å². The summed E-state index contributed by atoms with van der Waals surface area (Å²) >= 11 is 2.29. The lowest BCUT2D eigenvalue weighted by atomic mass is 10.0. The van der Waals surface area contributed by atoms with E-state index in [0.29, 0.717) is 0 Å². The number of halogens is 1. The molecule has 3 N–H and O–H groups in total. The number of hydrazine groups is 1. The first-order valence-corrected chi connectivity index (χ1v) is 6.11. The Hall–Kier alpha value is -0.850. The molecule has 2 aromatic rings. The van der Waals surface area contributed by atoms with Crippen LogP contribution in [0.2, 0.25) is 0 Å². The third-order valence-electron chi connectivity index (χ3n) is 2.44. The molecule has 0 bridgehead atoms. The topological polar surface area (TPSA) is 51.2 Å². The maximum atomic E-state index is 5.58. The van der Waals surface area contributed by atoms with Gasteiger partial charge in [-0.2, -0.15) is 0 Å². The molecule has 0 fully saturated rings. The average molecular weight is 328 g/mol. The number of benzene rings is 1. The highest BCUT2D eigenvalue weighted by molar-refractivity contribution is 14.1. The van der Waals surface area contributed by atoms with Crippen LogP contribution in [0.15, 0.2) is 47.1 Å². The summed E-state index contributed by atoms with van der Waals surface area (Å²) in [5, 5.41) is 0. The zero-order chi connectivity index (χ0) is 11.4. The number of furan rings is 1. The standard InChI is InChI=1S/C12H13IN2O/c13-10-4-1-3-9(7-10)12(15-14)8-11-5-2-6-16-11/h1-7,12,15H,8,14H2. The van der Waals surface area contributed by atoms with Crippen molar-refractivity contribution in [3.63, 3.8) is 0 Å². The average Bonchev–Trinajstić information content (AvgIpc) is 2.78. The molecule has 1 aromatic carbocycles. The second-order valence-electron chi connectivity index (χ2n) is 3.56. The predicted octanol–water partition coefficient (Wildman–Crippen LogP) is 2.63. The van der Waals surface area contributed by atoms with Crippen molar-refractivity contribution >= 4 is 22.6 Å². The van der Waals surface area contributed by atoms with Crippen molar-refractivity contribution in [3.8, 4) is 0 Å². The Kier molecular flexibility index (Phi) is 3.98. The molecule has 1 unspecified atom stereocenters. The minimum Gasteiger partial charge on any atom is -0.469 e. The van der Waals surface area contributed by atoms with E-state index in [9.17, 15) is 0 Å². The van der Waals surface area contributed by atoms with Crippen molar-refractivity contribution in [3.05, 3.63) is 57.6 Å². The van der Waals surface area contributed by atoms with E-state index in [0.717, 1.165) is 12.2 Å². The summed E-state index contributed by atoms with van der Waals surface area (Å²) in [5.74, 6) is 6.51. The van der Waals surface area contributed by atoms with E-state index in [1.54, 1.807) is 6.26 Å².